The second kappa shape index (κ2) is 6.36. The SMILES string of the molecule is O=C1CN(C(=O)[C@H]2CC=CC[C@H]2c2nc3ccccc3s2)CCN1. The number of rotatable bonds is 2. The molecular formula is C18H19N3O2S. The number of carbonyl (C=O) groups is 2. The van der Waals surface area contributed by atoms with Gasteiger partial charge >= 0.3 is 0 Å². The highest BCUT2D eigenvalue weighted by Gasteiger charge is 2.36. The van der Waals surface area contributed by atoms with Crippen LogP contribution in [0.4, 0.5) is 0 Å². The van der Waals surface area contributed by atoms with Crippen molar-refractivity contribution in [1.82, 2.24) is 15.2 Å². The number of aromatic nitrogens is 1. The number of amides is 2. The van der Waals surface area contributed by atoms with Gasteiger partial charge in [-0.1, -0.05) is 24.3 Å². The molecule has 2 atom stereocenters. The number of para-hydroxylation sites is 1. The van der Waals surface area contributed by atoms with Crippen LogP contribution < -0.4 is 5.32 Å². The van der Waals surface area contributed by atoms with Crippen LogP contribution in [0.3, 0.4) is 0 Å². The Morgan fingerprint density at radius 2 is 2.08 bits per heavy atom. The maximum Gasteiger partial charge on any atom is 0.239 e. The molecule has 1 fully saturated rings. The van der Waals surface area contributed by atoms with Crippen molar-refractivity contribution in [3.63, 3.8) is 0 Å². The average molecular weight is 341 g/mol. The number of nitrogens with zero attached hydrogens (tertiary/aromatic N) is 2. The molecule has 1 saturated heterocycles. The summed E-state index contributed by atoms with van der Waals surface area (Å²) in [7, 11) is 0. The first-order valence-electron chi connectivity index (χ1n) is 8.28. The topological polar surface area (TPSA) is 62.3 Å². The summed E-state index contributed by atoms with van der Waals surface area (Å²) in [6, 6.07) is 8.09. The van der Waals surface area contributed by atoms with Crippen molar-refractivity contribution < 1.29 is 9.59 Å². The van der Waals surface area contributed by atoms with Gasteiger partial charge in [-0.3, -0.25) is 9.59 Å². The third kappa shape index (κ3) is 2.82. The maximum atomic E-state index is 13.0. The Bertz CT molecular complexity index is 780. The van der Waals surface area contributed by atoms with Gasteiger partial charge in [-0.25, -0.2) is 4.98 Å². The second-order valence-electron chi connectivity index (χ2n) is 6.29. The standard InChI is InChI=1S/C18H19N3O2S/c22-16-11-21(10-9-19-16)18(23)13-6-2-1-5-12(13)17-20-14-7-3-4-8-15(14)24-17/h1-4,7-8,12-13H,5-6,9-11H2,(H,19,22)/t12-,13+/m1/s1. The third-order valence-corrected chi connectivity index (χ3v) is 5.90. The number of nitrogens with one attached hydrogen (secondary N) is 1. The predicted octanol–water partition coefficient (Wildman–Crippen LogP) is 2.30. The fourth-order valence-electron chi connectivity index (χ4n) is 3.47. The van der Waals surface area contributed by atoms with Gasteiger partial charge in [-0.2, -0.15) is 0 Å². The first-order chi connectivity index (χ1) is 11.7. The molecular weight excluding hydrogens is 322 g/mol. The molecule has 2 amide bonds. The molecule has 0 radical (unpaired) electrons. The summed E-state index contributed by atoms with van der Waals surface area (Å²) in [5.74, 6) is -0.0118. The van der Waals surface area contributed by atoms with Crippen LogP contribution in [0.1, 0.15) is 23.8 Å². The van der Waals surface area contributed by atoms with Crippen LogP contribution in [-0.4, -0.2) is 41.3 Å². The molecule has 0 spiro atoms. The van der Waals surface area contributed by atoms with Gasteiger partial charge in [0.2, 0.25) is 11.8 Å². The Labute approximate surface area is 144 Å². The number of allylic oxidation sites excluding steroid dienone is 2. The van der Waals surface area contributed by atoms with Crippen LogP contribution in [0, 0.1) is 5.92 Å². The van der Waals surface area contributed by atoms with E-state index in [9.17, 15) is 9.59 Å². The summed E-state index contributed by atoms with van der Waals surface area (Å²) in [6.07, 6.45) is 5.77. The van der Waals surface area contributed by atoms with Crippen molar-refractivity contribution in [2.75, 3.05) is 19.6 Å². The van der Waals surface area contributed by atoms with E-state index in [-0.39, 0.29) is 30.2 Å². The zero-order valence-electron chi connectivity index (χ0n) is 13.3. The first-order valence-corrected chi connectivity index (χ1v) is 9.10. The molecule has 2 heterocycles. The molecule has 2 aromatic rings. The van der Waals surface area contributed by atoms with Crippen molar-refractivity contribution in [1.29, 1.82) is 0 Å². The fourth-order valence-corrected chi connectivity index (χ4v) is 4.62. The lowest BCUT2D eigenvalue weighted by atomic mass is 9.82. The Kier molecular flexibility index (Phi) is 4.06. The zero-order valence-corrected chi connectivity index (χ0v) is 14.1. The lowest BCUT2D eigenvalue weighted by Gasteiger charge is -2.33. The molecule has 5 nitrogen and oxygen atoms in total. The molecule has 1 N–H and O–H groups in total. The second-order valence-corrected chi connectivity index (χ2v) is 7.35. The lowest BCUT2D eigenvalue weighted by molar-refractivity contribution is -0.142. The molecule has 6 heteroatoms. The van der Waals surface area contributed by atoms with Gasteiger partial charge in [0, 0.05) is 19.0 Å². The van der Waals surface area contributed by atoms with E-state index in [1.165, 1.54) is 0 Å². The molecule has 4 rings (SSSR count). The van der Waals surface area contributed by atoms with E-state index in [0.717, 1.165) is 28.1 Å². The van der Waals surface area contributed by atoms with Crippen molar-refractivity contribution in [2.45, 2.75) is 18.8 Å². The van der Waals surface area contributed by atoms with Gasteiger partial charge in [0.25, 0.3) is 0 Å². The van der Waals surface area contributed by atoms with Gasteiger partial charge < -0.3 is 10.2 Å². The molecule has 24 heavy (non-hydrogen) atoms. The number of thiazole rings is 1. The zero-order chi connectivity index (χ0) is 16.5. The molecule has 1 aliphatic heterocycles. The molecule has 1 aliphatic carbocycles. The molecule has 1 aromatic carbocycles. The maximum absolute atomic E-state index is 13.0. The minimum atomic E-state index is -0.124. The van der Waals surface area contributed by atoms with E-state index in [0.29, 0.717) is 13.1 Å². The highest BCUT2D eigenvalue weighted by atomic mass is 32.1. The van der Waals surface area contributed by atoms with Crippen LogP contribution in [0.15, 0.2) is 36.4 Å². The van der Waals surface area contributed by atoms with E-state index in [1.54, 1.807) is 16.2 Å². The summed E-state index contributed by atoms with van der Waals surface area (Å²) in [6.45, 7) is 1.31. The van der Waals surface area contributed by atoms with Crippen molar-refractivity contribution in [2.24, 2.45) is 5.92 Å². The quantitative estimate of drug-likeness (QED) is 0.853. The number of fused-ring (bicyclic) bond motifs is 1. The fraction of sp³-hybridized carbons (Fsp3) is 0.389. The van der Waals surface area contributed by atoms with Crippen molar-refractivity contribution in [3.8, 4) is 0 Å². The molecule has 0 bridgehead atoms. The molecule has 0 unspecified atom stereocenters. The molecule has 1 aromatic heterocycles. The molecule has 124 valence electrons. The van der Waals surface area contributed by atoms with Crippen LogP contribution in [0.2, 0.25) is 0 Å². The summed E-state index contributed by atoms with van der Waals surface area (Å²) in [4.78, 5) is 31.0. The number of piperazine rings is 1. The van der Waals surface area contributed by atoms with Crippen LogP contribution >= 0.6 is 11.3 Å². The minimum absolute atomic E-state index is 0.0718. The first kappa shape index (κ1) is 15.3. The Hall–Kier alpha value is -2.21. The average Bonchev–Trinajstić information content (AvgIpc) is 3.05. The Morgan fingerprint density at radius 1 is 1.25 bits per heavy atom. The van der Waals surface area contributed by atoms with Gasteiger partial charge in [0.1, 0.15) is 0 Å². The minimum Gasteiger partial charge on any atom is -0.353 e. The highest BCUT2D eigenvalue weighted by molar-refractivity contribution is 7.18. The monoisotopic (exact) mass is 341 g/mol. The summed E-state index contributed by atoms with van der Waals surface area (Å²) >= 11 is 1.68. The van der Waals surface area contributed by atoms with Crippen molar-refractivity contribution in [3.05, 3.63) is 41.4 Å². The van der Waals surface area contributed by atoms with Gasteiger partial charge in [0.15, 0.2) is 0 Å². The number of carbonyl (C=O) groups excluding carboxylic acids is 2. The van der Waals surface area contributed by atoms with E-state index in [2.05, 4.69) is 23.5 Å². The van der Waals surface area contributed by atoms with Crippen LogP contribution in [0.25, 0.3) is 10.2 Å². The Morgan fingerprint density at radius 3 is 2.92 bits per heavy atom. The predicted molar refractivity (Wildman–Crippen MR) is 93.8 cm³/mol. The number of hydrogen-bond donors (Lipinski definition) is 1. The van der Waals surface area contributed by atoms with Crippen LogP contribution in [-0.2, 0) is 9.59 Å². The van der Waals surface area contributed by atoms with Gasteiger partial charge in [-0.05, 0) is 25.0 Å². The smallest absolute Gasteiger partial charge is 0.239 e. The number of hydrogen-bond acceptors (Lipinski definition) is 4. The van der Waals surface area contributed by atoms with E-state index in [4.69, 9.17) is 4.98 Å². The van der Waals surface area contributed by atoms with Crippen molar-refractivity contribution >= 4 is 33.4 Å². The number of benzene rings is 1. The largest absolute Gasteiger partial charge is 0.353 e. The molecule has 2 aliphatic rings. The molecule has 0 saturated carbocycles. The normalized spacial score (nSPS) is 24.2. The van der Waals surface area contributed by atoms with Gasteiger partial charge in [0.05, 0.1) is 27.7 Å². The van der Waals surface area contributed by atoms with E-state index < -0.39 is 0 Å². The van der Waals surface area contributed by atoms with E-state index >= 15 is 0 Å². The third-order valence-electron chi connectivity index (χ3n) is 4.73. The lowest BCUT2D eigenvalue weighted by Crippen LogP contribution is -2.52. The highest BCUT2D eigenvalue weighted by Crippen LogP contribution is 2.39. The van der Waals surface area contributed by atoms with Crippen LogP contribution in [0.5, 0.6) is 0 Å². The summed E-state index contributed by atoms with van der Waals surface area (Å²) < 4.78 is 1.16. The van der Waals surface area contributed by atoms with E-state index in [1.807, 2.05) is 18.2 Å². The Balaban J connectivity index is 1.62. The summed E-state index contributed by atoms with van der Waals surface area (Å²) in [5.41, 5.74) is 0.996. The summed E-state index contributed by atoms with van der Waals surface area (Å²) in [5, 5.41) is 3.80. The van der Waals surface area contributed by atoms with Gasteiger partial charge in [-0.15, -0.1) is 11.3 Å².